The molecule has 0 unspecified atom stereocenters. The van der Waals surface area contributed by atoms with E-state index in [4.69, 9.17) is 5.73 Å². The van der Waals surface area contributed by atoms with Crippen molar-refractivity contribution in [3.05, 3.63) is 0 Å². The Bertz CT molecular complexity index is 288. The lowest BCUT2D eigenvalue weighted by molar-refractivity contribution is -0.118. The maximum Gasteiger partial charge on any atom is 0.155 e. The summed E-state index contributed by atoms with van der Waals surface area (Å²) in [6.45, 7) is 5.19. The Morgan fingerprint density at radius 1 is 1.21 bits per heavy atom. The van der Waals surface area contributed by atoms with E-state index in [0.29, 0.717) is 0 Å². The number of carbonyl (C=O) groups excluding carboxylic acids is 1. The predicted octanol–water partition coefficient (Wildman–Crippen LogP) is 0.508. The summed E-state index contributed by atoms with van der Waals surface area (Å²) in [5, 5.41) is 0. The molecule has 0 aliphatic carbocycles. The van der Waals surface area contributed by atoms with E-state index in [1.54, 1.807) is 20.8 Å². The summed E-state index contributed by atoms with van der Waals surface area (Å²) in [7, 11) is -3.17. The first kappa shape index (κ1) is 13.6. The molecule has 14 heavy (non-hydrogen) atoms. The number of nitrogens with two attached hydrogens (primary N) is 1. The zero-order valence-electron chi connectivity index (χ0n) is 9.04. The molecule has 0 aromatic rings. The van der Waals surface area contributed by atoms with Gasteiger partial charge in [0.1, 0.15) is 5.78 Å². The number of rotatable bonds is 5. The van der Waals surface area contributed by atoms with Gasteiger partial charge >= 0.3 is 0 Å². The van der Waals surface area contributed by atoms with Gasteiger partial charge in [-0.05, 0) is 27.3 Å². The van der Waals surface area contributed by atoms with Crippen LogP contribution in [0.25, 0.3) is 0 Å². The standard InChI is InChI=1S/C9H19NO3S/c1-9(2,3)14(12,13)7-5-8(11)4-6-10/h4-7,10H2,1-3H3. The van der Waals surface area contributed by atoms with Crippen LogP contribution in [0.2, 0.25) is 0 Å². The Labute approximate surface area is 85.8 Å². The van der Waals surface area contributed by atoms with Crippen LogP contribution in [0, 0.1) is 0 Å². The summed E-state index contributed by atoms with van der Waals surface area (Å²) in [6.07, 6.45) is 0.344. The molecule has 0 bridgehead atoms. The summed E-state index contributed by atoms with van der Waals surface area (Å²) in [5.74, 6) is -0.157. The van der Waals surface area contributed by atoms with Crippen molar-refractivity contribution in [2.24, 2.45) is 5.73 Å². The zero-order valence-corrected chi connectivity index (χ0v) is 9.86. The summed E-state index contributed by atoms with van der Waals surface area (Å²) in [5.41, 5.74) is 5.18. The van der Waals surface area contributed by atoms with E-state index in [0.717, 1.165) is 0 Å². The van der Waals surface area contributed by atoms with Crippen molar-refractivity contribution in [3.8, 4) is 0 Å². The van der Waals surface area contributed by atoms with Gasteiger partial charge in [0.25, 0.3) is 0 Å². The molecule has 4 nitrogen and oxygen atoms in total. The predicted molar refractivity (Wildman–Crippen MR) is 56.8 cm³/mol. The highest BCUT2D eigenvalue weighted by molar-refractivity contribution is 7.92. The topological polar surface area (TPSA) is 77.2 Å². The second-order valence-corrected chi connectivity index (χ2v) is 7.12. The van der Waals surface area contributed by atoms with Crippen molar-refractivity contribution < 1.29 is 13.2 Å². The van der Waals surface area contributed by atoms with E-state index in [1.807, 2.05) is 0 Å². The second kappa shape index (κ2) is 4.89. The summed E-state index contributed by atoms with van der Waals surface area (Å²) in [4.78, 5) is 11.1. The Hall–Kier alpha value is -0.420. The van der Waals surface area contributed by atoms with Crippen LogP contribution in [0.3, 0.4) is 0 Å². The van der Waals surface area contributed by atoms with Crippen LogP contribution in [0.5, 0.6) is 0 Å². The van der Waals surface area contributed by atoms with Gasteiger partial charge in [0.2, 0.25) is 0 Å². The summed E-state index contributed by atoms with van der Waals surface area (Å²) in [6, 6.07) is 0. The van der Waals surface area contributed by atoms with E-state index in [2.05, 4.69) is 0 Å². The first-order valence-corrected chi connectivity index (χ1v) is 6.30. The van der Waals surface area contributed by atoms with Crippen LogP contribution in [0.1, 0.15) is 33.6 Å². The summed E-state index contributed by atoms with van der Waals surface area (Å²) >= 11 is 0. The van der Waals surface area contributed by atoms with Gasteiger partial charge in [0.05, 0.1) is 10.5 Å². The average molecular weight is 221 g/mol. The Kier molecular flexibility index (Phi) is 4.74. The number of hydrogen-bond acceptors (Lipinski definition) is 4. The Balaban J connectivity index is 4.22. The van der Waals surface area contributed by atoms with Crippen LogP contribution in [0.4, 0.5) is 0 Å². The fraction of sp³-hybridized carbons (Fsp3) is 0.889. The highest BCUT2D eigenvalue weighted by atomic mass is 32.2. The maximum absolute atomic E-state index is 11.6. The third-order valence-electron chi connectivity index (χ3n) is 2.01. The molecule has 0 saturated heterocycles. The third-order valence-corrected chi connectivity index (χ3v) is 4.61. The van der Waals surface area contributed by atoms with Crippen molar-refractivity contribution >= 4 is 15.6 Å². The fourth-order valence-electron chi connectivity index (χ4n) is 0.840. The molecule has 0 amide bonds. The van der Waals surface area contributed by atoms with Gasteiger partial charge in [0, 0.05) is 12.8 Å². The van der Waals surface area contributed by atoms with E-state index in [-0.39, 0.29) is 30.9 Å². The number of hydrogen-bond donors (Lipinski definition) is 1. The van der Waals surface area contributed by atoms with Crippen molar-refractivity contribution in [1.29, 1.82) is 0 Å². The van der Waals surface area contributed by atoms with Gasteiger partial charge in [-0.1, -0.05) is 0 Å². The van der Waals surface area contributed by atoms with Gasteiger partial charge in [-0.25, -0.2) is 8.42 Å². The first-order valence-electron chi connectivity index (χ1n) is 4.65. The monoisotopic (exact) mass is 221 g/mol. The van der Waals surface area contributed by atoms with Gasteiger partial charge in [-0.15, -0.1) is 0 Å². The van der Waals surface area contributed by atoms with Crippen LogP contribution in [-0.4, -0.2) is 31.2 Å². The summed E-state index contributed by atoms with van der Waals surface area (Å²) < 4.78 is 22.4. The second-order valence-electron chi connectivity index (χ2n) is 4.26. The molecule has 84 valence electrons. The average Bonchev–Trinajstić information content (AvgIpc) is 1.99. The highest BCUT2D eigenvalue weighted by Gasteiger charge is 2.28. The minimum Gasteiger partial charge on any atom is -0.330 e. The molecule has 0 radical (unpaired) electrons. The first-order chi connectivity index (χ1) is 6.20. The quantitative estimate of drug-likeness (QED) is 0.733. The Morgan fingerprint density at radius 3 is 2.07 bits per heavy atom. The lowest BCUT2D eigenvalue weighted by Crippen LogP contribution is -2.31. The molecule has 2 N–H and O–H groups in total. The van der Waals surface area contributed by atoms with Crippen LogP contribution >= 0.6 is 0 Å². The van der Waals surface area contributed by atoms with Crippen molar-refractivity contribution in [1.82, 2.24) is 0 Å². The molecular formula is C9H19NO3S. The molecule has 0 aromatic heterocycles. The molecule has 0 aliphatic heterocycles. The van der Waals surface area contributed by atoms with Crippen molar-refractivity contribution in [2.75, 3.05) is 12.3 Å². The van der Waals surface area contributed by atoms with Crippen molar-refractivity contribution in [3.63, 3.8) is 0 Å². The number of Topliss-reactive ketones (excluding diaryl/α,β-unsaturated/α-hetero) is 1. The Morgan fingerprint density at radius 2 is 1.71 bits per heavy atom. The minimum absolute atomic E-state index is 0.0741. The SMILES string of the molecule is CC(C)(C)S(=O)(=O)CCC(=O)CCN. The number of ketones is 1. The number of carbonyl (C=O) groups is 1. The largest absolute Gasteiger partial charge is 0.330 e. The van der Waals surface area contributed by atoms with E-state index >= 15 is 0 Å². The van der Waals surface area contributed by atoms with Gasteiger partial charge in [0.15, 0.2) is 9.84 Å². The van der Waals surface area contributed by atoms with Gasteiger partial charge < -0.3 is 5.73 Å². The minimum atomic E-state index is -3.17. The maximum atomic E-state index is 11.6. The molecule has 0 aliphatic rings. The normalized spacial score (nSPS) is 12.9. The van der Waals surface area contributed by atoms with Crippen LogP contribution < -0.4 is 5.73 Å². The third kappa shape index (κ3) is 4.19. The van der Waals surface area contributed by atoms with Gasteiger partial charge in [-0.2, -0.15) is 0 Å². The molecule has 0 heterocycles. The molecule has 0 saturated carbocycles. The fourth-order valence-corrected chi connectivity index (χ4v) is 1.95. The molecular weight excluding hydrogens is 202 g/mol. The molecule has 5 heteroatoms. The smallest absolute Gasteiger partial charge is 0.155 e. The van der Waals surface area contributed by atoms with E-state index in [9.17, 15) is 13.2 Å². The molecule has 0 aromatic carbocycles. The van der Waals surface area contributed by atoms with Crippen LogP contribution in [0.15, 0.2) is 0 Å². The molecule has 0 spiro atoms. The lowest BCUT2D eigenvalue weighted by atomic mass is 10.2. The molecule has 0 fully saturated rings. The van der Waals surface area contributed by atoms with E-state index < -0.39 is 14.6 Å². The molecule has 0 rings (SSSR count). The number of sulfone groups is 1. The van der Waals surface area contributed by atoms with Crippen LogP contribution in [-0.2, 0) is 14.6 Å². The lowest BCUT2D eigenvalue weighted by Gasteiger charge is -2.18. The van der Waals surface area contributed by atoms with Gasteiger partial charge in [-0.3, -0.25) is 4.79 Å². The molecule has 0 atom stereocenters. The van der Waals surface area contributed by atoms with Crippen molar-refractivity contribution in [2.45, 2.75) is 38.4 Å². The zero-order chi connectivity index (χ0) is 11.4. The van der Waals surface area contributed by atoms with E-state index in [1.165, 1.54) is 0 Å². The highest BCUT2D eigenvalue weighted by Crippen LogP contribution is 2.16.